The zero-order valence-electron chi connectivity index (χ0n) is 24.6. The van der Waals surface area contributed by atoms with Gasteiger partial charge in [-0.15, -0.1) is 0 Å². The van der Waals surface area contributed by atoms with E-state index in [1.54, 1.807) is 36.9 Å². The SMILES string of the molecule is O=C(N[C@@H](Cc1c[nH]c2ncccc12)C(=O)N[C@@H](Cc1c[nH]c2ncccc12)C(=O)O)OCC1c2ccccc2-c2ccccc21. The smallest absolute Gasteiger partial charge is 0.407 e. The second-order valence-corrected chi connectivity index (χ2v) is 11.3. The number of nitrogens with zero attached hydrogens (tertiary/aromatic N) is 2. The van der Waals surface area contributed by atoms with E-state index in [1.165, 1.54) is 0 Å². The number of hydrogen-bond acceptors (Lipinski definition) is 6. The minimum atomic E-state index is -1.26. The van der Waals surface area contributed by atoms with Crippen LogP contribution in [0.15, 0.2) is 97.6 Å². The van der Waals surface area contributed by atoms with Crippen molar-refractivity contribution in [3.63, 3.8) is 0 Å². The van der Waals surface area contributed by atoms with Crippen molar-refractivity contribution < 1.29 is 24.2 Å². The van der Waals surface area contributed by atoms with Crippen molar-refractivity contribution in [3.8, 4) is 11.1 Å². The van der Waals surface area contributed by atoms with E-state index in [4.69, 9.17) is 4.74 Å². The summed E-state index contributed by atoms with van der Waals surface area (Å²) in [6.07, 6.45) is 6.01. The zero-order valence-corrected chi connectivity index (χ0v) is 24.6. The molecule has 7 rings (SSSR count). The highest BCUT2D eigenvalue weighted by molar-refractivity contribution is 5.91. The number of amides is 2. The van der Waals surface area contributed by atoms with Gasteiger partial charge in [0.15, 0.2) is 0 Å². The van der Waals surface area contributed by atoms with Crippen LogP contribution in [0.4, 0.5) is 4.79 Å². The Morgan fingerprint density at radius 2 is 1.28 bits per heavy atom. The lowest BCUT2D eigenvalue weighted by molar-refractivity contribution is -0.142. The maximum absolute atomic E-state index is 13.7. The van der Waals surface area contributed by atoms with Gasteiger partial charge >= 0.3 is 12.1 Å². The van der Waals surface area contributed by atoms with E-state index in [9.17, 15) is 19.5 Å². The minimum absolute atomic E-state index is 0.0153. The largest absolute Gasteiger partial charge is 0.480 e. The third kappa shape index (κ3) is 5.54. The molecule has 4 aromatic heterocycles. The van der Waals surface area contributed by atoms with Crippen LogP contribution in [0.1, 0.15) is 28.2 Å². The fourth-order valence-corrected chi connectivity index (χ4v) is 6.27. The summed E-state index contributed by atoms with van der Waals surface area (Å²) in [5.41, 5.74) is 7.01. The van der Waals surface area contributed by atoms with Gasteiger partial charge in [0.2, 0.25) is 5.91 Å². The van der Waals surface area contributed by atoms with E-state index in [-0.39, 0.29) is 25.4 Å². The van der Waals surface area contributed by atoms with Gasteiger partial charge in [-0.1, -0.05) is 48.5 Å². The zero-order chi connectivity index (χ0) is 31.6. The first-order valence-electron chi connectivity index (χ1n) is 14.9. The number of aromatic amines is 2. The summed E-state index contributed by atoms with van der Waals surface area (Å²) in [6.45, 7) is 0.0670. The Kier molecular flexibility index (Phi) is 7.63. The molecule has 6 aromatic rings. The fourth-order valence-electron chi connectivity index (χ4n) is 6.27. The number of carboxylic acid groups (broad SMARTS) is 1. The molecule has 0 saturated carbocycles. The highest BCUT2D eigenvalue weighted by Gasteiger charge is 2.31. The molecule has 0 aliphatic heterocycles. The Bertz CT molecular complexity index is 2040. The van der Waals surface area contributed by atoms with E-state index in [0.29, 0.717) is 16.9 Å². The van der Waals surface area contributed by atoms with Gasteiger partial charge in [0.05, 0.1) is 0 Å². The Labute approximate surface area is 263 Å². The lowest BCUT2D eigenvalue weighted by atomic mass is 9.98. The average Bonchev–Trinajstić information content (AvgIpc) is 3.77. The van der Waals surface area contributed by atoms with Gasteiger partial charge < -0.3 is 30.4 Å². The summed E-state index contributed by atoms with van der Waals surface area (Å²) in [7, 11) is 0. The number of nitrogens with one attached hydrogen (secondary N) is 4. The van der Waals surface area contributed by atoms with Crippen LogP contribution in [-0.2, 0) is 27.2 Å². The molecule has 1 aliphatic rings. The number of ether oxygens (including phenoxy) is 1. The van der Waals surface area contributed by atoms with Gasteiger partial charge in [-0.25, -0.2) is 19.6 Å². The molecule has 2 atom stereocenters. The van der Waals surface area contributed by atoms with Crippen molar-refractivity contribution in [1.82, 2.24) is 30.6 Å². The Morgan fingerprint density at radius 1 is 0.739 bits per heavy atom. The number of hydrogen-bond donors (Lipinski definition) is 5. The van der Waals surface area contributed by atoms with Gasteiger partial charge in [0.1, 0.15) is 30.0 Å². The molecule has 0 radical (unpaired) electrons. The maximum Gasteiger partial charge on any atom is 0.407 e. The predicted octanol–water partition coefficient (Wildman–Crippen LogP) is 4.70. The molecule has 0 saturated heterocycles. The van der Waals surface area contributed by atoms with Crippen molar-refractivity contribution in [1.29, 1.82) is 0 Å². The second-order valence-electron chi connectivity index (χ2n) is 11.3. The van der Waals surface area contributed by atoms with E-state index in [1.807, 2.05) is 48.5 Å². The van der Waals surface area contributed by atoms with Crippen molar-refractivity contribution >= 4 is 40.0 Å². The summed E-state index contributed by atoms with van der Waals surface area (Å²) in [6, 6.07) is 20.9. The number of rotatable bonds is 10. The summed E-state index contributed by atoms with van der Waals surface area (Å²) in [5, 5.41) is 17.0. The molecule has 0 fully saturated rings. The van der Waals surface area contributed by atoms with E-state index < -0.39 is 30.1 Å². The number of alkyl carbamates (subject to hydrolysis) is 1. The monoisotopic (exact) mass is 614 g/mol. The normalized spacial score (nSPS) is 13.6. The number of carbonyl (C=O) groups is 3. The average molecular weight is 615 g/mol. The van der Waals surface area contributed by atoms with Crippen molar-refractivity contribution in [2.75, 3.05) is 6.61 Å². The van der Waals surface area contributed by atoms with Crippen molar-refractivity contribution in [2.45, 2.75) is 30.8 Å². The minimum Gasteiger partial charge on any atom is -0.480 e. The molecule has 0 spiro atoms. The molecule has 46 heavy (non-hydrogen) atoms. The van der Waals surface area contributed by atoms with E-state index in [2.05, 4.69) is 42.7 Å². The Balaban J connectivity index is 1.10. The van der Waals surface area contributed by atoms with E-state index >= 15 is 0 Å². The third-order valence-corrected chi connectivity index (χ3v) is 8.49. The molecular formula is C35H30N6O5. The van der Waals surface area contributed by atoms with Gasteiger partial charge in [-0.2, -0.15) is 0 Å². The summed E-state index contributed by atoms with van der Waals surface area (Å²) in [5.74, 6) is -2.02. The number of benzene rings is 2. The van der Waals surface area contributed by atoms with Crippen LogP contribution in [0.25, 0.3) is 33.2 Å². The van der Waals surface area contributed by atoms with E-state index in [0.717, 1.165) is 38.6 Å². The summed E-state index contributed by atoms with van der Waals surface area (Å²) in [4.78, 5) is 54.0. The summed E-state index contributed by atoms with van der Waals surface area (Å²) >= 11 is 0. The quantitative estimate of drug-likeness (QED) is 0.149. The number of H-pyrrole nitrogens is 2. The Hall–Kier alpha value is -5.97. The molecule has 2 aromatic carbocycles. The first-order chi connectivity index (χ1) is 22.5. The fraction of sp³-hybridized carbons (Fsp3) is 0.171. The van der Waals surface area contributed by atoms with Crippen LogP contribution in [0.5, 0.6) is 0 Å². The van der Waals surface area contributed by atoms with Gasteiger partial charge in [0.25, 0.3) is 0 Å². The molecule has 1 aliphatic carbocycles. The summed E-state index contributed by atoms with van der Waals surface area (Å²) < 4.78 is 5.74. The van der Waals surface area contributed by atoms with Crippen LogP contribution >= 0.6 is 0 Å². The van der Waals surface area contributed by atoms with Crippen LogP contribution in [0.2, 0.25) is 0 Å². The van der Waals surface area contributed by atoms with Crippen LogP contribution in [0, 0.1) is 0 Å². The molecular weight excluding hydrogens is 584 g/mol. The highest BCUT2D eigenvalue weighted by Crippen LogP contribution is 2.44. The predicted molar refractivity (Wildman–Crippen MR) is 171 cm³/mol. The molecule has 0 bridgehead atoms. The highest BCUT2D eigenvalue weighted by atomic mass is 16.5. The lowest BCUT2D eigenvalue weighted by Gasteiger charge is -2.22. The molecule has 230 valence electrons. The van der Waals surface area contributed by atoms with Gasteiger partial charge in [-0.3, -0.25) is 4.79 Å². The number of fused-ring (bicyclic) bond motifs is 5. The molecule has 5 N–H and O–H groups in total. The lowest BCUT2D eigenvalue weighted by Crippen LogP contribution is -2.53. The molecule has 11 heteroatoms. The van der Waals surface area contributed by atoms with Crippen LogP contribution < -0.4 is 10.6 Å². The third-order valence-electron chi connectivity index (χ3n) is 8.49. The molecule has 4 heterocycles. The van der Waals surface area contributed by atoms with Crippen LogP contribution in [0.3, 0.4) is 0 Å². The first-order valence-corrected chi connectivity index (χ1v) is 14.9. The van der Waals surface area contributed by atoms with Gasteiger partial charge in [-0.05, 0) is 57.6 Å². The number of carboxylic acids is 1. The molecule has 2 amide bonds. The number of pyridine rings is 2. The Morgan fingerprint density at radius 3 is 1.85 bits per heavy atom. The van der Waals surface area contributed by atoms with Crippen molar-refractivity contribution in [3.05, 3.63) is 120 Å². The number of aliphatic carboxylic acids is 1. The van der Waals surface area contributed by atoms with Crippen LogP contribution in [-0.4, -0.2) is 61.7 Å². The maximum atomic E-state index is 13.7. The number of carbonyl (C=O) groups excluding carboxylic acids is 2. The molecule has 0 unspecified atom stereocenters. The van der Waals surface area contributed by atoms with Gasteiger partial charge in [0, 0.05) is 54.3 Å². The van der Waals surface area contributed by atoms with Crippen molar-refractivity contribution in [2.24, 2.45) is 0 Å². The topological polar surface area (TPSA) is 162 Å². The molecule has 11 nitrogen and oxygen atoms in total. The standard InChI is InChI=1S/C35H30N6O5/c42-33(40-30(34(43)44)16-21-18-39-32-23(21)12-6-14-37-32)29(15-20-17-38-31-22(20)11-5-13-36-31)41-35(45)46-19-28-26-9-3-1-7-24(26)25-8-2-4-10-27(25)28/h1-14,17-18,28-30H,15-16,19H2,(H,36,38)(H,37,39)(H,40,42)(H,41,45)(H,43,44)/t29-,30-/m0/s1. The second kappa shape index (κ2) is 12.2. The number of aromatic nitrogens is 4. The first kappa shape index (κ1) is 28.8.